The average molecular weight is 750 g/mol. The first kappa shape index (κ1) is 36.9. The van der Waals surface area contributed by atoms with Gasteiger partial charge in [0, 0.05) is 89.9 Å². The van der Waals surface area contributed by atoms with E-state index in [9.17, 15) is 15.0 Å². The number of carbonyl (C=O) groups is 2. The Morgan fingerprint density at radius 3 is 2.53 bits per heavy atom. The summed E-state index contributed by atoms with van der Waals surface area (Å²) >= 11 is 0. The van der Waals surface area contributed by atoms with Crippen molar-refractivity contribution in [3.8, 4) is 5.75 Å². The predicted molar refractivity (Wildman–Crippen MR) is 212 cm³/mol. The van der Waals surface area contributed by atoms with Gasteiger partial charge in [0.1, 0.15) is 16.8 Å². The number of ketones is 1. The van der Waals surface area contributed by atoms with Crippen LogP contribution in [0.4, 0.5) is 5.69 Å². The molecule has 6 aliphatic rings. The number of likely N-dealkylation sites (N-methyl/N-ethyl adjacent to an activating group) is 1. The van der Waals surface area contributed by atoms with E-state index in [2.05, 4.69) is 76.4 Å². The maximum absolute atomic E-state index is 15.2. The number of H-pyrrole nitrogens is 1. The van der Waals surface area contributed by atoms with Gasteiger partial charge in [-0.2, -0.15) is 0 Å². The van der Waals surface area contributed by atoms with Crippen LogP contribution in [-0.4, -0.2) is 114 Å². The van der Waals surface area contributed by atoms with Gasteiger partial charge in [-0.15, -0.1) is 0 Å². The van der Waals surface area contributed by atoms with E-state index in [1.807, 2.05) is 26.1 Å². The fraction of sp³-hybridized carbons (Fsp3) is 0.578. The van der Waals surface area contributed by atoms with Gasteiger partial charge in [0.2, 0.25) is 0 Å². The third-order valence-corrected chi connectivity index (χ3v) is 15.7. The van der Waals surface area contributed by atoms with Crippen LogP contribution in [0.5, 0.6) is 5.75 Å². The Hall–Kier alpha value is -3.70. The molecular formula is C45H57N4O6. The molecule has 1 radical (unpaired) electrons. The van der Waals surface area contributed by atoms with Crippen LogP contribution in [0.15, 0.2) is 48.6 Å². The van der Waals surface area contributed by atoms with Gasteiger partial charge in [-0.25, -0.2) is 0 Å². The van der Waals surface area contributed by atoms with Gasteiger partial charge in [0.25, 0.3) is 0 Å². The maximum atomic E-state index is 15.2. The van der Waals surface area contributed by atoms with Gasteiger partial charge < -0.3 is 29.6 Å². The predicted octanol–water partition coefficient (Wildman–Crippen LogP) is 4.93. The van der Waals surface area contributed by atoms with E-state index >= 15 is 4.79 Å². The second-order valence-corrected chi connectivity index (χ2v) is 17.7. The molecule has 1 spiro atoms. The number of benzene rings is 2. The molecule has 3 aromatic rings. The molecule has 1 aliphatic carbocycles. The van der Waals surface area contributed by atoms with Crippen LogP contribution in [0, 0.1) is 23.7 Å². The number of ether oxygens (including phenoxy) is 2. The Labute approximate surface area is 324 Å². The summed E-state index contributed by atoms with van der Waals surface area (Å²) in [6, 6.07) is 12.0. The number of hydrogen-bond acceptors (Lipinski definition) is 9. The molecule has 5 unspecified atom stereocenters. The number of rotatable bonds is 6. The zero-order valence-corrected chi connectivity index (χ0v) is 33.4. The third kappa shape index (κ3) is 4.57. The van der Waals surface area contributed by atoms with E-state index < -0.39 is 33.5 Å². The average Bonchev–Trinajstić information content (AvgIpc) is 3.84. The summed E-state index contributed by atoms with van der Waals surface area (Å²) in [4.78, 5) is 40.1. The quantitative estimate of drug-likeness (QED) is 0.239. The number of carbonyl (C=O) groups excluding carboxylic acids is 2. The molecule has 3 fully saturated rings. The van der Waals surface area contributed by atoms with Crippen LogP contribution in [-0.2, 0) is 31.6 Å². The zero-order valence-electron chi connectivity index (χ0n) is 33.4. The molecule has 0 amide bonds. The Balaban J connectivity index is 1.36. The van der Waals surface area contributed by atoms with Crippen molar-refractivity contribution in [1.82, 2.24) is 14.8 Å². The summed E-state index contributed by atoms with van der Waals surface area (Å²) in [5.74, 6) is -0.551. The van der Waals surface area contributed by atoms with Crippen molar-refractivity contribution in [3.05, 3.63) is 77.4 Å². The van der Waals surface area contributed by atoms with Crippen molar-refractivity contribution >= 4 is 28.3 Å². The summed E-state index contributed by atoms with van der Waals surface area (Å²) in [6.07, 6.45) is 9.75. The lowest BCUT2D eigenvalue weighted by molar-refractivity contribution is -0.174. The van der Waals surface area contributed by atoms with Gasteiger partial charge in [-0.05, 0) is 81.2 Å². The van der Waals surface area contributed by atoms with Crippen LogP contribution < -0.4 is 9.64 Å². The van der Waals surface area contributed by atoms with E-state index in [0.717, 1.165) is 65.9 Å². The number of esters is 1. The molecule has 5 aliphatic heterocycles. The van der Waals surface area contributed by atoms with Crippen LogP contribution in [0.2, 0.25) is 0 Å². The number of aliphatic hydroxyl groups is 2. The second-order valence-electron chi connectivity index (χ2n) is 17.7. The van der Waals surface area contributed by atoms with Crippen LogP contribution in [0.3, 0.4) is 0 Å². The lowest BCUT2D eigenvalue weighted by Crippen LogP contribution is -2.77. The molecule has 2 saturated heterocycles. The lowest BCUT2D eigenvalue weighted by Gasteiger charge is -2.64. The topological polar surface area (TPSA) is 119 Å². The first-order valence-corrected chi connectivity index (χ1v) is 20.4. The molecule has 3 N–H and O–H groups in total. The van der Waals surface area contributed by atoms with E-state index in [4.69, 9.17) is 9.47 Å². The van der Waals surface area contributed by atoms with Crippen molar-refractivity contribution in [2.75, 3.05) is 58.9 Å². The largest absolute Gasteiger partial charge is 0.496 e. The molecular weight excluding hydrogens is 693 g/mol. The SMILES string of the molecule is CC[C@]1(O)[CH]C2CN(CCc3c([nH]c4ccccc34)[C@@](C(=O)OC)(c3cc4c(cc3OC)N(C)C3C45CCN4CC=C[C@](CC)(C45)[C@@H](C)[C@]3(O)C(C)=O)C2)C1. The molecule has 2 aromatic carbocycles. The molecule has 1 aromatic heterocycles. The fourth-order valence-electron chi connectivity index (χ4n) is 13.4. The number of nitrogens with zero attached hydrogens (tertiary/aromatic N) is 3. The summed E-state index contributed by atoms with van der Waals surface area (Å²) in [5, 5.41) is 26.1. The molecule has 1 saturated carbocycles. The standard InChI is InChI=1S/C45H57N4O6/c1-8-41(52)23-29-24-44(40(51)55-7,37-31(15-19-48(25-29)26-41)30-13-10-11-14-34(30)46-37)33-21-32-35(22-36(33)54-6)47(5)39-43(32)17-20-49-18-12-16-42(9-2,38(43)49)27(3)45(39,53)28(4)50/h10-14,16,21-23,27,29,38-39,46,52-53H,8-9,15,17-20,24-26H2,1-7H3/t27-,29?,38?,39?,41+,42+,43?,44+,45+/m1/s1. The van der Waals surface area contributed by atoms with Gasteiger partial charge in [0.05, 0.1) is 25.9 Å². The van der Waals surface area contributed by atoms with Crippen molar-refractivity contribution < 1.29 is 29.3 Å². The molecule has 10 nitrogen and oxygen atoms in total. The minimum atomic E-state index is -1.64. The smallest absolute Gasteiger partial charge is 0.322 e. The number of aromatic nitrogens is 1. The Morgan fingerprint density at radius 2 is 1.82 bits per heavy atom. The zero-order chi connectivity index (χ0) is 38.9. The number of anilines is 1. The number of piperidine rings is 1. The third-order valence-electron chi connectivity index (χ3n) is 15.7. The molecule has 10 atom stereocenters. The van der Waals surface area contributed by atoms with E-state index in [1.54, 1.807) is 14.0 Å². The maximum Gasteiger partial charge on any atom is 0.322 e. The summed E-state index contributed by atoms with van der Waals surface area (Å²) in [6.45, 7) is 11.5. The van der Waals surface area contributed by atoms with Crippen molar-refractivity contribution in [2.45, 2.75) is 93.9 Å². The Bertz CT molecular complexity index is 2110. The van der Waals surface area contributed by atoms with Crippen LogP contribution >= 0.6 is 0 Å². The highest BCUT2D eigenvalue weighted by Gasteiger charge is 2.77. The number of methoxy groups -OCH3 is 2. The summed E-state index contributed by atoms with van der Waals surface area (Å²) in [5.41, 5.74) is 0.408. The van der Waals surface area contributed by atoms with E-state index in [-0.39, 0.29) is 29.6 Å². The van der Waals surface area contributed by atoms with E-state index in [0.29, 0.717) is 43.7 Å². The highest BCUT2D eigenvalue weighted by atomic mass is 16.5. The van der Waals surface area contributed by atoms with Gasteiger partial charge in [-0.1, -0.05) is 51.1 Å². The van der Waals surface area contributed by atoms with Gasteiger partial charge >= 0.3 is 5.97 Å². The molecule has 293 valence electrons. The summed E-state index contributed by atoms with van der Waals surface area (Å²) in [7, 11) is 5.14. The number of hydrogen-bond donors (Lipinski definition) is 3. The molecule has 10 heteroatoms. The Kier molecular flexibility index (Phi) is 8.32. The van der Waals surface area contributed by atoms with Crippen molar-refractivity contribution in [2.24, 2.45) is 17.3 Å². The molecule has 2 bridgehead atoms. The molecule has 9 rings (SSSR count). The fourth-order valence-corrected chi connectivity index (χ4v) is 13.4. The van der Waals surface area contributed by atoms with Crippen molar-refractivity contribution in [3.63, 3.8) is 0 Å². The molecule has 55 heavy (non-hydrogen) atoms. The minimum absolute atomic E-state index is 0.0256. The second kappa shape index (κ2) is 12.4. The van der Waals surface area contributed by atoms with Crippen LogP contribution in [0.25, 0.3) is 10.9 Å². The minimum Gasteiger partial charge on any atom is -0.496 e. The number of nitrogens with one attached hydrogen (secondary N) is 1. The highest BCUT2D eigenvalue weighted by Crippen LogP contribution is 2.69. The highest BCUT2D eigenvalue weighted by molar-refractivity contribution is 5.95. The number of para-hydroxylation sites is 1. The van der Waals surface area contributed by atoms with Gasteiger partial charge in [0.15, 0.2) is 5.78 Å². The van der Waals surface area contributed by atoms with E-state index in [1.165, 1.54) is 7.11 Å². The van der Waals surface area contributed by atoms with Gasteiger partial charge in [-0.3, -0.25) is 19.4 Å². The number of aromatic amines is 1. The first-order valence-electron chi connectivity index (χ1n) is 20.4. The molecule has 6 heterocycles. The number of fused-ring (bicyclic) bond motifs is 6. The number of Topliss-reactive ketones (excluding diaryl/α,β-unsaturated/α-hetero) is 1. The lowest BCUT2D eigenvalue weighted by atomic mass is 9.44. The van der Waals surface area contributed by atoms with Crippen molar-refractivity contribution in [1.29, 1.82) is 0 Å². The van der Waals surface area contributed by atoms with Crippen LogP contribution in [0.1, 0.15) is 75.8 Å². The first-order chi connectivity index (χ1) is 26.3. The monoisotopic (exact) mass is 749 g/mol. The normalized spacial score (nSPS) is 39.0. The summed E-state index contributed by atoms with van der Waals surface area (Å²) < 4.78 is 12.3. The Morgan fingerprint density at radius 1 is 1.04 bits per heavy atom.